The summed E-state index contributed by atoms with van der Waals surface area (Å²) in [7, 11) is 1.60. The van der Waals surface area contributed by atoms with Crippen LogP contribution < -0.4 is 4.74 Å². The molecule has 0 aliphatic heterocycles. The Morgan fingerprint density at radius 3 is 2.59 bits per heavy atom. The molecule has 0 heterocycles. The third kappa shape index (κ3) is 3.98. The van der Waals surface area contributed by atoms with Crippen molar-refractivity contribution in [1.29, 1.82) is 5.26 Å². The first kappa shape index (κ1) is 13.9. The zero-order valence-corrected chi connectivity index (χ0v) is 11.7. The normalized spacial score (nSPS) is 12.2. The van der Waals surface area contributed by atoms with Crippen LogP contribution in [0.1, 0.15) is 31.9 Å². The fraction of sp³-hybridized carbons (Fsp3) is 0.500. The molecule has 0 bridgehead atoms. The third-order valence-electron chi connectivity index (χ3n) is 2.84. The van der Waals surface area contributed by atoms with Crippen molar-refractivity contribution in [3.63, 3.8) is 0 Å². The lowest BCUT2D eigenvalue weighted by Gasteiger charge is -2.15. The average Bonchev–Trinajstić information content (AvgIpc) is 2.35. The van der Waals surface area contributed by atoms with Crippen molar-refractivity contribution in [2.75, 3.05) is 7.11 Å². The molecule has 1 unspecified atom stereocenters. The molecule has 0 amide bonds. The standard InChI is InChI=1S/C14H19NOS/c1-10(2)11(3)17-9-12-5-6-13(8-15)14(7-12)16-4/h5-7,10-11H,9H2,1-4H3. The number of hydrogen-bond acceptors (Lipinski definition) is 3. The Hall–Kier alpha value is -1.14. The Morgan fingerprint density at radius 2 is 2.06 bits per heavy atom. The van der Waals surface area contributed by atoms with Gasteiger partial charge in [0.15, 0.2) is 0 Å². The van der Waals surface area contributed by atoms with Crippen LogP contribution in [-0.2, 0) is 5.75 Å². The van der Waals surface area contributed by atoms with E-state index in [0.717, 1.165) is 5.75 Å². The summed E-state index contributed by atoms with van der Waals surface area (Å²) in [4.78, 5) is 0. The maximum Gasteiger partial charge on any atom is 0.136 e. The van der Waals surface area contributed by atoms with E-state index in [-0.39, 0.29) is 0 Å². The number of benzene rings is 1. The van der Waals surface area contributed by atoms with Crippen LogP contribution in [0.15, 0.2) is 18.2 Å². The highest BCUT2D eigenvalue weighted by molar-refractivity contribution is 7.99. The predicted octanol–water partition coefficient (Wildman–Crippen LogP) is 3.84. The van der Waals surface area contributed by atoms with Crippen molar-refractivity contribution < 1.29 is 4.74 Å². The predicted molar refractivity (Wildman–Crippen MR) is 73.3 cm³/mol. The SMILES string of the molecule is COc1cc(CSC(C)C(C)C)ccc1C#N. The van der Waals surface area contributed by atoms with Crippen LogP contribution >= 0.6 is 11.8 Å². The van der Waals surface area contributed by atoms with Crippen LogP contribution in [0.3, 0.4) is 0 Å². The molecule has 0 aliphatic rings. The molecule has 0 saturated carbocycles. The number of hydrogen-bond donors (Lipinski definition) is 0. The van der Waals surface area contributed by atoms with Crippen molar-refractivity contribution in [2.45, 2.75) is 31.8 Å². The third-order valence-corrected chi connectivity index (χ3v) is 4.41. The topological polar surface area (TPSA) is 33.0 Å². The molecule has 0 spiro atoms. The van der Waals surface area contributed by atoms with E-state index in [2.05, 4.69) is 26.8 Å². The molecule has 1 aromatic rings. The number of methoxy groups -OCH3 is 1. The van der Waals surface area contributed by atoms with Crippen LogP contribution in [0.2, 0.25) is 0 Å². The zero-order valence-electron chi connectivity index (χ0n) is 10.9. The summed E-state index contributed by atoms with van der Waals surface area (Å²) in [6, 6.07) is 7.91. The molecule has 3 heteroatoms. The Kier molecular flexibility index (Phi) is 5.37. The second-order valence-electron chi connectivity index (χ2n) is 4.41. The summed E-state index contributed by atoms with van der Waals surface area (Å²) in [6.07, 6.45) is 0. The van der Waals surface area contributed by atoms with Crippen LogP contribution in [0, 0.1) is 17.2 Å². The first-order valence-corrected chi connectivity index (χ1v) is 6.82. The van der Waals surface area contributed by atoms with E-state index in [4.69, 9.17) is 10.00 Å². The molecule has 1 aromatic carbocycles. The second kappa shape index (κ2) is 6.56. The van der Waals surface area contributed by atoms with E-state index in [1.165, 1.54) is 5.56 Å². The van der Waals surface area contributed by atoms with Crippen molar-refractivity contribution in [3.05, 3.63) is 29.3 Å². The molecule has 0 N–H and O–H groups in total. The van der Waals surface area contributed by atoms with Crippen LogP contribution in [0.4, 0.5) is 0 Å². The molecule has 0 aromatic heterocycles. The monoisotopic (exact) mass is 249 g/mol. The number of ether oxygens (including phenoxy) is 1. The summed E-state index contributed by atoms with van der Waals surface area (Å²) in [5, 5.41) is 9.53. The fourth-order valence-electron chi connectivity index (χ4n) is 1.34. The Bertz CT molecular complexity index is 409. The summed E-state index contributed by atoms with van der Waals surface area (Å²) in [5.74, 6) is 2.31. The highest BCUT2D eigenvalue weighted by Crippen LogP contribution is 2.26. The number of thioether (sulfide) groups is 1. The van der Waals surface area contributed by atoms with Gasteiger partial charge < -0.3 is 4.74 Å². The van der Waals surface area contributed by atoms with E-state index < -0.39 is 0 Å². The van der Waals surface area contributed by atoms with Gasteiger partial charge in [0.2, 0.25) is 0 Å². The second-order valence-corrected chi connectivity index (χ2v) is 5.77. The Labute approximate surface area is 108 Å². The van der Waals surface area contributed by atoms with E-state index in [1.54, 1.807) is 7.11 Å². The zero-order chi connectivity index (χ0) is 12.8. The number of nitriles is 1. The molecule has 0 aliphatic carbocycles. The molecule has 92 valence electrons. The largest absolute Gasteiger partial charge is 0.495 e. The molecule has 2 nitrogen and oxygen atoms in total. The molecule has 1 atom stereocenters. The smallest absolute Gasteiger partial charge is 0.136 e. The molecule has 1 rings (SSSR count). The van der Waals surface area contributed by atoms with Gasteiger partial charge in [-0.2, -0.15) is 17.0 Å². The van der Waals surface area contributed by atoms with E-state index in [0.29, 0.717) is 22.5 Å². The van der Waals surface area contributed by atoms with Gasteiger partial charge in [0.1, 0.15) is 11.8 Å². The molecule has 17 heavy (non-hydrogen) atoms. The van der Waals surface area contributed by atoms with Gasteiger partial charge >= 0.3 is 0 Å². The summed E-state index contributed by atoms with van der Waals surface area (Å²) >= 11 is 1.93. The number of nitrogens with zero attached hydrogens (tertiary/aromatic N) is 1. The molecular weight excluding hydrogens is 230 g/mol. The van der Waals surface area contributed by atoms with E-state index in [1.807, 2.05) is 30.0 Å². The van der Waals surface area contributed by atoms with Gasteiger partial charge in [-0.3, -0.25) is 0 Å². The average molecular weight is 249 g/mol. The van der Waals surface area contributed by atoms with Gasteiger partial charge in [-0.1, -0.05) is 26.8 Å². The van der Waals surface area contributed by atoms with Gasteiger partial charge in [0.05, 0.1) is 12.7 Å². The lowest BCUT2D eigenvalue weighted by molar-refractivity contribution is 0.413. The number of rotatable bonds is 5. The summed E-state index contributed by atoms with van der Waals surface area (Å²) in [5.41, 5.74) is 1.80. The summed E-state index contributed by atoms with van der Waals surface area (Å²) in [6.45, 7) is 6.71. The Balaban J connectivity index is 2.70. The molecule has 0 saturated heterocycles. The minimum atomic E-state index is 0.596. The van der Waals surface area contributed by atoms with E-state index >= 15 is 0 Å². The minimum Gasteiger partial charge on any atom is -0.495 e. The fourth-order valence-corrected chi connectivity index (χ4v) is 2.36. The highest BCUT2D eigenvalue weighted by Gasteiger charge is 2.09. The molecular formula is C14H19NOS. The lowest BCUT2D eigenvalue weighted by atomic mass is 10.1. The maximum atomic E-state index is 8.90. The van der Waals surface area contributed by atoms with E-state index in [9.17, 15) is 0 Å². The Morgan fingerprint density at radius 1 is 1.35 bits per heavy atom. The van der Waals surface area contributed by atoms with Crippen molar-refractivity contribution in [1.82, 2.24) is 0 Å². The quantitative estimate of drug-likeness (QED) is 0.794. The van der Waals surface area contributed by atoms with Crippen LogP contribution in [-0.4, -0.2) is 12.4 Å². The van der Waals surface area contributed by atoms with Crippen molar-refractivity contribution in [3.8, 4) is 11.8 Å². The van der Waals surface area contributed by atoms with Gasteiger partial charge in [0.25, 0.3) is 0 Å². The molecule has 0 fully saturated rings. The lowest BCUT2D eigenvalue weighted by Crippen LogP contribution is -2.05. The first-order valence-electron chi connectivity index (χ1n) is 5.77. The van der Waals surface area contributed by atoms with Gasteiger partial charge in [-0.05, 0) is 23.6 Å². The van der Waals surface area contributed by atoms with Crippen LogP contribution in [0.25, 0.3) is 0 Å². The minimum absolute atomic E-state index is 0.596. The highest BCUT2D eigenvalue weighted by atomic mass is 32.2. The van der Waals surface area contributed by atoms with Gasteiger partial charge in [0, 0.05) is 11.0 Å². The van der Waals surface area contributed by atoms with Gasteiger partial charge in [-0.15, -0.1) is 0 Å². The maximum absolute atomic E-state index is 8.90. The molecule has 0 radical (unpaired) electrons. The van der Waals surface area contributed by atoms with Crippen LogP contribution in [0.5, 0.6) is 5.75 Å². The summed E-state index contributed by atoms with van der Waals surface area (Å²) < 4.78 is 5.20. The van der Waals surface area contributed by atoms with Crippen molar-refractivity contribution in [2.24, 2.45) is 5.92 Å². The van der Waals surface area contributed by atoms with Gasteiger partial charge in [-0.25, -0.2) is 0 Å². The van der Waals surface area contributed by atoms with Crippen molar-refractivity contribution >= 4 is 11.8 Å². The first-order chi connectivity index (χ1) is 8.08.